The molecule has 1 aromatic carbocycles. The smallest absolute Gasteiger partial charge is 0.0771 e. The van der Waals surface area contributed by atoms with Gasteiger partial charge in [-0.1, -0.05) is 36.2 Å². The zero-order valence-electron chi connectivity index (χ0n) is 11.3. The quantitative estimate of drug-likeness (QED) is 0.880. The molecule has 0 amide bonds. The summed E-state index contributed by atoms with van der Waals surface area (Å²) in [4.78, 5) is 0. The maximum atomic E-state index is 10.5. The van der Waals surface area contributed by atoms with Crippen molar-refractivity contribution in [1.29, 1.82) is 0 Å². The third kappa shape index (κ3) is 4.35. The van der Waals surface area contributed by atoms with E-state index in [1.54, 1.807) is 6.07 Å². The Morgan fingerprint density at radius 3 is 2.63 bits per heavy atom. The standard InChI is InChI=1S/C15H21Cl2NO/c1-11-4-6-15(19,7-5-11)10-18-9-12-2-3-13(16)8-14(12)17/h2-3,8,11,18-19H,4-7,9-10H2,1H3. The number of hydrogen-bond acceptors (Lipinski definition) is 2. The van der Waals surface area contributed by atoms with Crippen LogP contribution in [0.15, 0.2) is 18.2 Å². The molecule has 1 aliphatic carbocycles. The molecule has 1 aromatic rings. The van der Waals surface area contributed by atoms with Crippen LogP contribution in [0.2, 0.25) is 10.0 Å². The van der Waals surface area contributed by atoms with Gasteiger partial charge in [-0.3, -0.25) is 0 Å². The SMILES string of the molecule is CC1CCC(O)(CNCc2ccc(Cl)cc2Cl)CC1. The van der Waals surface area contributed by atoms with E-state index in [-0.39, 0.29) is 0 Å². The maximum Gasteiger partial charge on any atom is 0.0771 e. The summed E-state index contributed by atoms with van der Waals surface area (Å²) in [5.74, 6) is 0.742. The van der Waals surface area contributed by atoms with Crippen LogP contribution < -0.4 is 5.32 Å². The lowest BCUT2D eigenvalue weighted by atomic mass is 9.79. The number of hydrogen-bond donors (Lipinski definition) is 2. The van der Waals surface area contributed by atoms with E-state index in [4.69, 9.17) is 23.2 Å². The topological polar surface area (TPSA) is 32.3 Å². The Labute approximate surface area is 125 Å². The van der Waals surface area contributed by atoms with Gasteiger partial charge in [0.15, 0.2) is 0 Å². The lowest BCUT2D eigenvalue weighted by Crippen LogP contribution is -2.43. The van der Waals surface area contributed by atoms with Crippen molar-refractivity contribution < 1.29 is 5.11 Å². The van der Waals surface area contributed by atoms with Crippen molar-refractivity contribution in [2.45, 2.75) is 44.8 Å². The van der Waals surface area contributed by atoms with E-state index in [9.17, 15) is 5.11 Å². The van der Waals surface area contributed by atoms with Gasteiger partial charge in [-0.05, 0) is 49.3 Å². The molecule has 0 radical (unpaired) electrons. The van der Waals surface area contributed by atoms with Gasteiger partial charge in [0, 0.05) is 23.1 Å². The molecule has 1 aliphatic rings. The molecule has 0 aromatic heterocycles. The first-order valence-corrected chi connectivity index (χ1v) is 7.61. The molecular formula is C15H21Cl2NO. The lowest BCUT2D eigenvalue weighted by Gasteiger charge is -2.35. The molecule has 2 nitrogen and oxygen atoms in total. The molecule has 0 bridgehead atoms. The first-order valence-electron chi connectivity index (χ1n) is 6.85. The molecular weight excluding hydrogens is 281 g/mol. The van der Waals surface area contributed by atoms with Crippen LogP contribution in [0.1, 0.15) is 38.2 Å². The van der Waals surface area contributed by atoms with Crippen molar-refractivity contribution in [3.8, 4) is 0 Å². The summed E-state index contributed by atoms with van der Waals surface area (Å²) in [6.45, 7) is 3.53. The van der Waals surface area contributed by atoms with Gasteiger partial charge in [0.2, 0.25) is 0 Å². The molecule has 0 heterocycles. The Kier molecular flexibility index (Phi) is 5.13. The van der Waals surface area contributed by atoms with Crippen LogP contribution in [0.25, 0.3) is 0 Å². The minimum Gasteiger partial charge on any atom is -0.389 e. The van der Waals surface area contributed by atoms with Crippen LogP contribution in [-0.4, -0.2) is 17.3 Å². The summed E-state index contributed by atoms with van der Waals surface area (Å²) in [5, 5.41) is 15.1. The van der Waals surface area contributed by atoms with Gasteiger partial charge in [-0.15, -0.1) is 0 Å². The van der Waals surface area contributed by atoms with Crippen molar-refractivity contribution in [2.75, 3.05) is 6.54 Å². The molecule has 1 saturated carbocycles. The number of nitrogens with one attached hydrogen (secondary N) is 1. The molecule has 106 valence electrons. The van der Waals surface area contributed by atoms with Crippen molar-refractivity contribution in [3.63, 3.8) is 0 Å². The summed E-state index contributed by atoms with van der Waals surface area (Å²) in [5.41, 5.74) is 0.463. The van der Waals surface area contributed by atoms with E-state index in [1.165, 1.54) is 0 Å². The summed E-state index contributed by atoms with van der Waals surface area (Å²) in [7, 11) is 0. The molecule has 0 aliphatic heterocycles. The Bertz CT molecular complexity index is 428. The Balaban J connectivity index is 1.83. The molecule has 0 saturated heterocycles. The second kappa shape index (κ2) is 6.45. The zero-order chi connectivity index (χ0) is 13.9. The molecule has 2 rings (SSSR count). The van der Waals surface area contributed by atoms with Crippen molar-refractivity contribution >= 4 is 23.2 Å². The first kappa shape index (κ1) is 15.1. The van der Waals surface area contributed by atoms with E-state index < -0.39 is 5.60 Å². The molecule has 2 N–H and O–H groups in total. The molecule has 0 unspecified atom stereocenters. The van der Waals surface area contributed by atoms with E-state index >= 15 is 0 Å². The van der Waals surface area contributed by atoms with Crippen LogP contribution >= 0.6 is 23.2 Å². The summed E-state index contributed by atoms with van der Waals surface area (Å²) in [6.07, 6.45) is 3.99. The number of benzene rings is 1. The van der Waals surface area contributed by atoms with Gasteiger partial charge in [0.25, 0.3) is 0 Å². The highest BCUT2D eigenvalue weighted by atomic mass is 35.5. The third-order valence-electron chi connectivity index (χ3n) is 3.99. The van der Waals surface area contributed by atoms with Crippen LogP contribution in [0, 0.1) is 5.92 Å². The zero-order valence-corrected chi connectivity index (χ0v) is 12.8. The second-order valence-corrected chi connectivity index (χ2v) is 6.59. The maximum absolute atomic E-state index is 10.5. The van der Waals surface area contributed by atoms with Gasteiger partial charge in [0.1, 0.15) is 0 Å². The molecule has 4 heteroatoms. The van der Waals surface area contributed by atoms with E-state index in [2.05, 4.69) is 12.2 Å². The summed E-state index contributed by atoms with van der Waals surface area (Å²) >= 11 is 12.0. The van der Waals surface area contributed by atoms with E-state index in [0.29, 0.717) is 23.1 Å². The number of halogens is 2. The normalized spacial score (nSPS) is 27.5. The van der Waals surface area contributed by atoms with Gasteiger partial charge in [0.05, 0.1) is 5.60 Å². The molecule has 0 atom stereocenters. The second-order valence-electron chi connectivity index (χ2n) is 5.75. The van der Waals surface area contributed by atoms with Crippen molar-refractivity contribution in [2.24, 2.45) is 5.92 Å². The van der Waals surface area contributed by atoms with Crippen LogP contribution in [0.3, 0.4) is 0 Å². The molecule has 0 spiro atoms. The number of rotatable bonds is 4. The molecule has 1 fully saturated rings. The lowest BCUT2D eigenvalue weighted by molar-refractivity contribution is -0.00630. The average Bonchev–Trinajstić information content (AvgIpc) is 2.36. The Hall–Kier alpha value is -0.280. The minimum absolute atomic E-state index is 0.550. The number of aliphatic hydroxyl groups is 1. The highest BCUT2D eigenvalue weighted by molar-refractivity contribution is 6.35. The van der Waals surface area contributed by atoms with Crippen molar-refractivity contribution in [3.05, 3.63) is 33.8 Å². The third-order valence-corrected chi connectivity index (χ3v) is 4.58. The van der Waals surface area contributed by atoms with Crippen LogP contribution in [0.4, 0.5) is 0 Å². The van der Waals surface area contributed by atoms with Gasteiger partial charge < -0.3 is 10.4 Å². The van der Waals surface area contributed by atoms with Crippen LogP contribution in [0.5, 0.6) is 0 Å². The van der Waals surface area contributed by atoms with Crippen molar-refractivity contribution in [1.82, 2.24) is 5.32 Å². The summed E-state index contributed by atoms with van der Waals surface area (Å²) in [6, 6.07) is 5.50. The van der Waals surface area contributed by atoms with E-state index in [0.717, 1.165) is 37.2 Å². The Morgan fingerprint density at radius 1 is 1.32 bits per heavy atom. The monoisotopic (exact) mass is 301 g/mol. The fourth-order valence-corrected chi connectivity index (χ4v) is 3.05. The highest BCUT2D eigenvalue weighted by Gasteiger charge is 2.31. The minimum atomic E-state index is -0.550. The predicted molar refractivity (Wildman–Crippen MR) is 80.8 cm³/mol. The average molecular weight is 302 g/mol. The fraction of sp³-hybridized carbons (Fsp3) is 0.600. The van der Waals surface area contributed by atoms with Gasteiger partial charge in [-0.25, -0.2) is 0 Å². The Morgan fingerprint density at radius 2 is 2.00 bits per heavy atom. The van der Waals surface area contributed by atoms with E-state index in [1.807, 2.05) is 12.1 Å². The largest absolute Gasteiger partial charge is 0.389 e. The highest BCUT2D eigenvalue weighted by Crippen LogP contribution is 2.31. The van der Waals surface area contributed by atoms with Gasteiger partial charge >= 0.3 is 0 Å². The fourth-order valence-electron chi connectivity index (χ4n) is 2.57. The predicted octanol–water partition coefficient (Wildman–Crippen LogP) is 4.02. The van der Waals surface area contributed by atoms with Crippen LogP contribution in [-0.2, 0) is 6.54 Å². The summed E-state index contributed by atoms with van der Waals surface area (Å²) < 4.78 is 0. The first-order chi connectivity index (χ1) is 8.98. The molecule has 19 heavy (non-hydrogen) atoms. The van der Waals surface area contributed by atoms with Gasteiger partial charge in [-0.2, -0.15) is 0 Å².